The predicted octanol–water partition coefficient (Wildman–Crippen LogP) is 6.98. The molecule has 1 heterocycles. The van der Waals surface area contributed by atoms with E-state index in [4.69, 9.17) is 50.0 Å². The van der Waals surface area contributed by atoms with Crippen LogP contribution in [0.5, 0.6) is 5.75 Å². The van der Waals surface area contributed by atoms with E-state index in [-0.39, 0.29) is 33.3 Å². The van der Waals surface area contributed by atoms with Gasteiger partial charge in [-0.15, -0.1) is 0 Å². The first kappa shape index (κ1) is 33.0. The molecule has 4 atom stereocenters. The molecule has 1 aliphatic heterocycles. The van der Waals surface area contributed by atoms with Crippen molar-refractivity contribution in [3.05, 3.63) is 92.2 Å². The number of hydrogen-bond acceptors (Lipinski definition) is 6. The van der Waals surface area contributed by atoms with Gasteiger partial charge in [-0.05, 0) is 59.4 Å². The highest BCUT2D eigenvalue weighted by Crippen LogP contribution is 2.53. The summed E-state index contributed by atoms with van der Waals surface area (Å²) in [6.45, 7) is 6.18. The van der Waals surface area contributed by atoms with Crippen molar-refractivity contribution in [2.75, 3.05) is 26.1 Å². The molecular weight excluding hydrogens is 616 g/mol. The Morgan fingerprint density at radius 2 is 1.79 bits per heavy atom. The van der Waals surface area contributed by atoms with Gasteiger partial charge in [-0.25, -0.2) is 9.18 Å². The Kier molecular flexibility index (Phi) is 9.99. The zero-order chi connectivity index (χ0) is 31.7. The zero-order valence-corrected chi connectivity index (χ0v) is 26.8. The van der Waals surface area contributed by atoms with E-state index >= 15 is 4.39 Å². The van der Waals surface area contributed by atoms with Crippen LogP contribution in [-0.4, -0.2) is 44.7 Å². The van der Waals surface area contributed by atoms with Crippen LogP contribution in [0, 0.1) is 11.2 Å². The van der Waals surface area contributed by atoms with Crippen LogP contribution in [0.1, 0.15) is 54.6 Å². The lowest BCUT2D eigenvalue weighted by molar-refractivity contribution is -0.118. The number of esters is 1. The van der Waals surface area contributed by atoms with Crippen LogP contribution in [0.3, 0.4) is 0 Å². The molecule has 3 aromatic carbocycles. The van der Waals surface area contributed by atoms with Gasteiger partial charge in [-0.2, -0.15) is 0 Å². The minimum Gasteiger partial charge on any atom is -0.495 e. The third-order valence-electron chi connectivity index (χ3n) is 7.96. The van der Waals surface area contributed by atoms with E-state index in [1.807, 2.05) is 0 Å². The Hall–Kier alpha value is -2.88. The van der Waals surface area contributed by atoms with Gasteiger partial charge >= 0.3 is 5.97 Å². The molecule has 0 spiro atoms. The van der Waals surface area contributed by atoms with Crippen molar-refractivity contribution in [1.82, 2.24) is 5.32 Å². The molecule has 1 amide bonds. The fourth-order valence-corrected chi connectivity index (χ4v) is 6.71. The van der Waals surface area contributed by atoms with Crippen LogP contribution in [-0.2, 0) is 14.9 Å². The summed E-state index contributed by atoms with van der Waals surface area (Å²) in [6.07, 6.45) is 0.544. The molecule has 0 radical (unpaired) electrons. The van der Waals surface area contributed by atoms with Crippen molar-refractivity contribution in [2.45, 2.75) is 50.6 Å². The highest BCUT2D eigenvalue weighted by molar-refractivity contribution is 6.42. The van der Waals surface area contributed by atoms with E-state index in [0.717, 1.165) is 0 Å². The molecule has 1 fully saturated rings. The summed E-state index contributed by atoms with van der Waals surface area (Å²) in [5.74, 6) is -2.03. The van der Waals surface area contributed by atoms with Crippen molar-refractivity contribution in [1.29, 1.82) is 0 Å². The monoisotopic (exact) mass is 649 g/mol. The van der Waals surface area contributed by atoms with Gasteiger partial charge in [0.05, 0.1) is 41.6 Å². The first-order chi connectivity index (χ1) is 20.3. The molecule has 1 aliphatic rings. The molecule has 43 heavy (non-hydrogen) atoms. The van der Waals surface area contributed by atoms with E-state index in [2.05, 4.69) is 31.4 Å². The fraction of sp³-hybridized carbons (Fsp3) is 0.375. The van der Waals surface area contributed by atoms with Crippen LogP contribution in [0.15, 0.2) is 54.6 Å². The maximum atomic E-state index is 15.9. The largest absolute Gasteiger partial charge is 0.495 e. The molecule has 4 rings (SSSR count). The van der Waals surface area contributed by atoms with Crippen LogP contribution >= 0.6 is 34.8 Å². The highest BCUT2D eigenvalue weighted by atomic mass is 35.5. The molecule has 7 nitrogen and oxygen atoms in total. The molecule has 11 heteroatoms. The number of hydrogen-bond donors (Lipinski definition) is 3. The topological polar surface area (TPSA) is 103 Å². The highest BCUT2D eigenvalue weighted by Gasteiger charge is 2.59. The smallest absolute Gasteiger partial charge is 0.337 e. The average Bonchev–Trinajstić information content (AvgIpc) is 3.27. The molecule has 4 N–H and O–H groups in total. The lowest BCUT2D eigenvalue weighted by Gasteiger charge is -2.42. The number of rotatable bonds is 8. The Balaban J connectivity index is 1.92. The number of halogens is 4. The summed E-state index contributed by atoms with van der Waals surface area (Å²) in [6, 6.07) is 12.8. The van der Waals surface area contributed by atoms with Gasteiger partial charge in [-0.1, -0.05) is 73.8 Å². The van der Waals surface area contributed by atoms with Gasteiger partial charge in [0.2, 0.25) is 5.91 Å². The van der Waals surface area contributed by atoms with Gasteiger partial charge in [0.15, 0.2) is 0 Å². The van der Waals surface area contributed by atoms with E-state index in [0.29, 0.717) is 28.3 Å². The lowest BCUT2D eigenvalue weighted by atomic mass is 9.62. The van der Waals surface area contributed by atoms with Crippen LogP contribution < -0.4 is 21.1 Å². The van der Waals surface area contributed by atoms with Crippen LogP contribution in [0.4, 0.5) is 10.1 Å². The number of amides is 1. The molecule has 3 aromatic rings. The first-order valence-electron chi connectivity index (χ1n) is 13.7. The van der Waals surface area contributed by atoms with Crippen molar-refractivity contribution >= 4 is 52.4 Å². The summed E-state index contributed by atoms with van der Waals surface area (Å²) >= 11 is 19.5. The average molecular weight is 651 g/mol. The lowest BCUT2D eigenvalue weighted by Crippen LogP contribution is -2.50. The summed E-state index contributed by atoms with van der Waals surface area (Å²) in [4.78, 5) is 26.3. The van der Waals surface area contributed by atoms with E-state index in [1.165, 1.54) is 32.4 Å². The Morgan fingerprint density at radius 1 is 1.07 bits per heavy atom. The van der Waals surface area contributed by atoms with Gasteiger partial charge in [0, 0.05) is 28.9 Å². The number of benzene rings is 3. The van der Waals surface area contributed by atoms with Gasteiger partial charge in [-0.3, -0.25) is 4.79 Å². The van der Waals surface area contributed by atoms with E-state index < -0.39 is 41.1 Å². The zero-order valence-electron chi connectivity index (χ0n) is 24.6. The third-order valence-corrected chi connectivity index (χ3v) is 9.03. The normalized spacial score (nSPS) is 21.9. The van der Waals surface area contributed by atoms with Crippen molar-refractivity contribution in [3.63, 3.8) is 0 Å². The minimum absolute atomic E-state index is 0.0201. The minimum atomic E-state index is -1.14. The number of carbonyl (C=O) groups excluding carboxylic acids is 2. The van der Waals surface area contributed by atoms with Crippen molar-refractivity contribution in [3.8, 4) is 5.75 Å². The quantitative estimate of drug-likeness (QED) is 0.228. The Labute approximate surface area is 266 Å². The number of anilines is 1. The molecule has 0 saturated carbocycles. The number of nitrogens with two attached hydrogens (primary N) is 1. The van der Waals surface area contributed by atoms with E-state index in [1.54, 1.807) is 36.4 Å². The standard InChI is InChI=1S/C32H35Cl3FN3O4/c1-31(2,3)15-25-32(16-37,20-11-10-18(33)14-22(20)36)26(19-7-6-8-21(34)27(19)35)28(39-25)29(40)38-23-12-9-17(30(41)43-5)13-24(23)42-4/h6-14,25-26,28,39H,15-16,37H2,1-5H3,(H,38,40)/t25-,26+,28+,32-/m0/s1. The SMILES string of the molecule is COC(=O)c1ccc(NC(=O)[C@@H]2N[C@@H](CC(C)(C)C)[C@](CN)(c3ccc(Cl)cc3F)[C@@H]2c2cccc(Cl)c2Cl)c(OC)c1. The maximum absolute atomic E-state index is 15.9. The molecule has 0 unspecified atom stereocenters. The summed E-state index contributed by atoms with van der Waals surface area (Å²) < 4.78 is 26.2. The number of methoxy groups -OCH3 is 2. The first-order valence-corrected chi connectivity index (χ1v) is 14.8. The number of ether oxygens (including phenoxy) is 2. The molecular formula is C32H35Cl3FN3O4. The molecule has 0 aromatic heterocycles. The Morgan fingerprint density at radius 3 is 2.40 bits per heavy atom. The summed E-state index contributed by atoms with van der Waals surface area (Å²) in [5.41, 5.74) is 6.71. The van der Waals surface area contributed by atoms with Crippen molar-refractivity contribution < 1.29 is 23.5 Å². The molecule has 0 aliphatic carbocycles. The molecule has 1 saturated heterocycles. The van der Waals surface area contributed by atoms with Gasteiger partial charge < -0.3 is 25.8 Å². The Bertz CT molecular complexity index is 1530. The fourth-order valence-electron chi connectivity index (χ4n) is 6.13. The second-order valence-corrected chi connectivity index (χ2v) is 13.1. The van der Waals surface area contributed by atoms with Gasteiger partial charge in [0.25, 0.3) is 0 Å². The summed E-state index contributed by atoms with van der Waals surface area (Å²) in [5, 5.41) is 7.22. The van der Waals surface area contributed by atoms with E-state index in [9.17, 15) is 9.59 Å². The predicted molar refractivity (Wildman–Crippen MR) is 169 cm³/mol. The maximum Gasteiger partial charge on any atom is 0.337 e. The van der Waals surface area contributed by atoms with Crippen molar-refractivity contribution in [2.24, 2.45) is 11.1 Å². The second kappa shape index (κ2) is 13.0. The number of nitrogens with one attached hydrogen (secondary N) is 2. The molecule has 230 valence electrons. The third kappa shape index (κ3) is 6.49. The van der Waals surface area contributed by atoms with Gasteiger partial charge in [0.1, 0.15) is 11.6 Å². The summed E-state index contributed by atoms with van der Waals surface area (Å²) in [7, 11) is 2.70. The second-order valence-electron chi connectivity index (χ2n) is 11.8. The van der Waals surface area contributed by atoms with Crippen LogP contribution in [0.25, 0.3) is 0 Å². The molecule has 0 bridgehead atoms. The van der Waals surface area contributed by atoms with Crippen LogP contribution in [0.2, 0.25) is 15.1 Å². The number of carbonyl (C=O) groups is 2.